The van der Waals surface area contributed by atoms with E-state index in [-0.39, 0.29) is 18.0 Å². The van der Waals surface area contributed by atoms with E-state index in [1.165, 1.54) is 0 Å². The third-order valence-corrected chi connectivity index (χ3v) is 4.27. The van der Waals surface area contributed by atoms with Crippen molar-refractivity contribution < 1.29 is 14.0 Å². The molecule has 1 aromatic heterocycles. The third-order valence-electron chi connectivity index (χ3n) is 4.27. The van der Waals surface area contributed by atoms with Crippen LogP contribution in [0.1, 0.15) is 24.2 Å². The average molecular weight is 342 g/mol. The Bertz CT molecular complexity index is 730. The smallest absolute Gasteiger partial charge is 0.319 e. The summed E-state index contributed by atoms with van der Waals surface area (Å²) in [4.78, 5) is 25.5. The second-order valence-electron chi connectivity index (χ2n) is 6.12. The molecule has 0 radical (unpaired) electrons. The van der Waals surface area contributed by atoms with E-state index in [1.54, 1.807) is 18.4 Å². The topological polar surface area (TPSA) is 101 Å². The summed E-state index contributed by atoms with van der Waals surface area (Å²) < 4.78 is 5.17. The highest BCUT2D eigenvalue weighted by Crippen LogP contribution is 2.21. The summed E-state index contributed by atoms with van der Waals surface area (Å²) >= 11 is 0. The van der Waals surface area contributed by atoms with Crippen LogP contribution in [0.3, 0.4) is 0 Å². The SMILES string of the molecule is NC(=O)[C@H]1CCCN1Cc1cccc(NC(=O)NCc2ccco2)c1. The van der Waals surface area contributed by atoms with E-state index in [1.807, 2.05) is 24.3 Å². The highest BCUT2D eigenvalue weighted by Gasteiger charge is 2.28. The van der Waals surface area contributed by atoms with Crippen molar-refractivity contribution in [2.24, 2.45) is 5.73 Å². The maximum atomic E-state index is 12.0. The van der Waals surface area contributed by atoms with Crippen LogP contribution in [0.2, 0.25) is 0 Å². The number of nitrogens with one attached hydrogen (secondary N) is 2. The number of anilines is 1. The molecular formula is C18H22N4O3. The van der Waals surface area contributed by atoms with Crippen molar-refractivity contribution in [1.29, 1.82) is 0 Å². The van der Waals surface area contributed by atoms with Gasteiger partial charge in [-0.2, -0.15) is 0 Å². The molecule has 132 valence electrons. The minimum absolute atomic E-state index is 0.201. The lowest BCUT2D eigenvalue weighted by atomic mass is 10.1. The van der Waals surface area contributed by atoms with Gasteiger partial charge in [-0.05, 0) is 49.2 Å². The Hall–Kier alpha value is -2.80. The molecule has 3 rings (SSSR count). The quantitative estimate of drug-likeness (QED) is 0.748. The normalized spacial score (nSPS) is 17.4. The fourth-order valence-electron chi connectivity index (χ4n) is 3.08. The summed E-state index contributed by atoms with van der Waals surface area (Å²) in [5, 5.41) is 5.53. The van der Waals surface area contributed by atoms with Gasteiger partial charge in [0.25, 0.3) is 0 Å². The van der Waals surface area contributed by atoms with Gasteiger partial charge >= 0.3 is 6.03 Å². The van der Waals surface area contributed by atoms with Crippen molar-refractivity contribution in [3.63, 3.8) is 0 Å². The fraction of sp³-hybridized carbons (Fsp3) is 0.333. The van der Waals surface area contributed by atoms with Crippen LogP contribution in [0, 0.1) is 0 Å². The minimum atomic E-state index is -0.301. The number of amides is 3. The molecule has 2 heterocycles. The van der Waals surface area contributed by atoms with Gasteiger partial charge in [0.05, 0.1) is 18.8 Å². The molecule has 1 aliphatic heterocycles. The number of nitrogens with two attached hydrogens (primary N) is 1. The Balaban J connectivity index is 1.55. The van der Waals surface area contributed by atoms with Gasteiger partial charge in [0.1, 0.15) is 5.76 Å². The predicted molar refractivity (Wildman–Crippen MR) is 93.6 cm³/mol. The largest absolute Gasteiger partial charge is 0.467 e. The first-order valence-corrected chi connectivity index (χ1v) is 8.31. The Morgan fingerprint density at radius 3 is 2.92 bits per heavy atom. The highest BCUT2D eigenvalue weighted by atomic mass is 16.3. The van der Waals surface area contributed by atoms with Gasteiger partial charge in [0, 0.05) is 12.2 Å². The van der Waals surface area contributed by atoms with E-state index in [9.17, 15) is 9.59 Å². The van der Waals surface area contributed by atoms with Crippen LogP contribution in [0.4, 0.5) is 10.5 Å². The zero-order valence-corrected chi connectivity index (χ0v) is 13.9. The minimum Gasteiger partial charge on any atom is -0.467 e. The number of carbonyl (C=O) groups is 2. The molecule has 0 saturated carbocycles. The Labute approximate surface area is 146 Å². The molecule has 0 bridgehead atoms. The maximum Gasteiger partial charge on any atom is 0.319 e. The van der Waals surface area contributed by atoms with Crippen LogP contribution >= 0.6 is 0 Å². The molecule has 4 N–H and O–H groups in total. The number of furan rings is 1. The summed E-state index contributed by atoms with van der Waals surface area (Å²) in [6.07, 6.45) is 3.35. The van der Waals surface area contributed by atoms with Crippen molar-refractivity contribution in [2.45, 2.75) is 32.0 Å². The summed E-state index contributed by atoms with van der Waals surface area (Å²) in [6, 6.07) is 10.7. The highest BCUT2D eigenvalue weighted by molar-refractivity contribution is 5.89. The van der Waals surface area contributed by atoms with Crippen LogP contribution in [0.15, 0.2) is 47.1 Å². The predicted octanol–water partition coefficient (Wildman–Crippen LogP) is 2.05. The third kappa shape index (κ3) is 4.60. The number of carbonyl (C=O) groups excluding carboxylic acids is 2. The van der Waals surface area contributed by atoms with E-state index in [4.69, 9.17) is 10.2 Å². The molecule has 0 unspecified atom stereocenters. The summed E-state index contributed by atoms with van der Waals surface area (Å²) in [7, 11) is 0. The first-order chi connectivity index (χ1) is 12.1. The van der Waals surface area contributed by atoms with Gasteiger partial charge in [0.15, 0.2) is 0 Å². The summed E-state index contributed by atoms with van der Waals surface area (Å²) in [6.45, 7) is 1.82. The monoisotopic (exact) mass is 342 g/mol. The molecule has 2 aromatic rings. The molecule has 3 amide bonds. The molecule has 1 aliphatic rings. The molecule has 1 fully saturated rings. The number of hydrogen-bond acceptors (Lipinski definition) is 4. The second-order valence-corrected chi connectivity index (χ2v) is 6.12. The van der Waals surface area contributed by atoms with Crippen LogP contribution in [-0.2, 0) is 17.9 Å². The van der Waals surface area contributed by atoms with E-state index in [2.05, 4.69) is 15.5 Å². The van der Waals surface area contributed by atoms with Crippen LogP contribution in [0.25, 0.3) is 0 Å². The van der Waals surface area contributed by atoms with Gasteiger partial charge < -0.3 is 20.8 Å². The molecule has 0 spiro atoms. The zero-order chi connectivity index (χ0) is 17.6. The van der Waals surface area contributed by atoms with Crippen LogP contribution in [-0.4, -0.2) is 29.4 Å². The number of benzene rings is 1. The number of nitrogens with zero attached hydrogens (tertiary/aromatic N) is 1. The number of likely N-dealkylation sites (tertiary alicyclic amines) is 1. The molecule has 0 aliphatic carbocycles. The lowest BCUT2D eigenvalue weighted by Crippen LogP contribution is -2.39. The molecule has 7 heteroatoms. The van der Waals surface area contributed by atoms with E-state index >= 15 is 0 Å². The van der Waals surface area contributed by atoms with Crippen molar-refractivity contribution in [3.8, 4) is 0 Å². The van der Waals surface area contributed by atoms with E-state index in [0.29, 0.717) is 24.5 Å². The lowest BCUT2D eigenvalue weighted by Gasteiger charge is -2.22. The van der Waals surface area contributed by atoms with Crippen molar-refractivity contribution in [1.82, 2.24) is 10.2 Å². The Kier molecular flexibility index (Phi) is 5.35. The Morgan fingerprint density at radius 1 is 1.28 bits per heavy atom. The zero-order valence-electron chi connectivity index (χ0n) is 13.9. The van der Waals surface area contributed by atoms with Gasteiger partial charge in [0.2, 0.25) is 5.91 Å². The maximum absolute atomic E-state index is 12.0. The number of rotatable bonds is 6. The number of urea groups is 1. The summed E-state index contributed by atoms with van der Waals surface area (Å²) in [5.74, 6) is 0.416. The molecule has 25 heavy (non-hydrogen) atoms. The molecular weight excluding hydrogens is 320 g/mol. The van der Waals surface area contributed by atoms with Crippen molar-refractivity contribution in [2.75, 3.05) is 11.9 Å². The second kappa shape index (κ2) is 7.85. The van der Waals surface area contributed by atoms with Gasteiger partial charge in [-0.1, -0.05) is 12.1 Å². The van der Waals surface area contributed by atoms with Crippen molar-refractivity contribution in [3.05, 3.63) is 54.0 Å². The van der Waals surface area contributed by atoms with Gasteiger partial charge in [-0.25, -0.2) is 4.79 Å². The number of hydrogen-bond donors (Lipinski definition) is 3. The van der Waals surface area contributed by atoms with Crippen molar-refractivity contribution >= 4 is 17.6 Å². The van der Waals surface area contributed by atoms with Crippen LogP contribution < -0.4 is 16.4 Å². The first-order valence-electron chi connectivity index (χ1n) is 8.31. The van der Waals surface area contributed by atoms with Crippen LogP contribution in [0.5, 0.6) is 0 Å². The molecule has 1 atom stereocenters. The Morgan fingerprint density at radius 2 is 2.16 bits per heavy atom. The lowest BCUT2D eigenvalue weighted by molar-refractivity contribution is -0.122. The van der Waals surface area contributed by atoms with E-state index in [0.717, 1.165) is 24.9 Å². The standard InChI is InChI=1S/C18H22N4O3/c19-17(23)16-7-2-8-22(16)12-13-4-1-5-14(10-13)21-18(24)20-11-15-6-3-9-25-15/h1,3-6,9-10,16H,2,7-8,11-12H2,(H2,19,23)(H2,20,21,24)/t16-/m1/s1. The average Bonchev–Trinajstić information content (AvgIpc) is 3.24. The molecule has 1 aromatic carbocycles. The number of primary amides is 1. The first kappa shape index (κ1) is 17.0. The van der Waals surface area contributed by atoms with Gasteiger partial charge in [-0.3, -0.25) is 9.69 Å². The van der Waals surface area contributed by atoms with E-state index < -0.39 is 0 Å². The van der Waals surface area contributed by atoms with Gasteiger partial charge in [-0.15, -0.1) is 0 Å². The molecule has 1 saturated heterocycles. The summed E-state index contributed by atoms with van der Waals surface area (Å²) in [5.41, 5.74) is 7.18. The fourth-order valence-corrected chi connectivity index (χ4v) is 3.08. The molecule has 7 nitrogen and oxygen atoms in total.